The van der Waals surface area contributed by atoms with Crippen molar-refractivity contribution in [2.75, 3.05) is 26.2 Å². The topological polar surface area (TPSA) is 29.5 Å². The van der Waals surface area contributed by atoms with E-state index >= 15 is 0 Å². The summed E-state index contributed by atoms with van der Waals surface area (Å²) >= 11 is 0. The molecule has 0 amide bonds. The van der Waals surface area contributed by atoms with E-state index in [2.05, 4.69) is 32.6 Å². The van der Waals surface area contributed by atoms with Crippen LogP contribution in [0.1, 0.15) is 43.6 Å². The van der Waals surface area contributed by atoms with Crippen molar-refractivity contribution in [3.8, 4) is 0 Å². The Hall–Kier alpha value is -1.35. The van der Waals surface area contributed by atoms with Crippen LogP contribution in [0.25, 0.3) is 0 Å². The Morgan fingerprint density at radius 2 is 1.70 bits per heavy atom. The monoisotopic (exact) mass is 277 g/mol. The van der Waals surface area contributed by atoms with Crippen molar-refractivity contribution >= 4 is 5.97 Å². The van der Waals surface area contributed by atoms with Gasteiger partial charge in [-0.1, -0.05) is 45.4 Å². The molecular weight excluding hydrogens is 250 g/mol. The summed E-state index contributed by atoms with van der Waals surface area (Å²) in [5, 5.41) is 0. The molecule has 3 nitrogen and oxygen atoms in total. The van der Waals surface area contributed by atoms with E-state index in [4.69, 9.17) is 4.74 Å². The molecule has 0 heterocycles. The summed E-state index contributed by atoms with van der Waals surface area (Å²) in [6.45, 7) is 14.0. The molecule has 0 bridgehead atoms. The zero-order valence-corrected chi connectivity index (χ0v) is 13.4. The van der Waals surface area contributed by atoms with Crippen molar-refractivity contribution in [3.63, 3.8) is 0 Å². The number of hydrogen-bond acceptors (Lipinski definition) is 3. The maximum Gasteiger partial charge on any atom is 0.338 e. The lowest BCUT2D eigenvalue weighted by atomic mass is 9.94. The maximum absolute atomic E-state index is 12.0. The fraction of sp³-hybridized carbons (Fsp3) is 0.588. The second-order valence-corrected chi connectivity index (χ2v) is 6.07. The van der Waals surface area contributed by atoms with Crippen LogP contribution in [-0.2, 0) is 4.74 Å². The molecule has 0 saturated heterocycles. The van der Waals surface area contributed by atoms with Crippen LogP contribution in [0.2, 0.25) is 0 Å². The zero-order valence-electron chi connectivity index (χ0n) is 13.4. The molecule has 0 unspecified atom stereocenters. The lowest BCUT2D eigenvalue weighted by Crippen LogP contribution is -2.37. The average Bonchev–Trinajstić information content (AvgIpc) is 2.43. The molecule has 1 aromatic rings. The van der Waals surface area contributed by atoms with Gasteiger partial charge in [0, 0.05) is 12.0 Å². The lowest BCUT2D eigenvalue weighted by Gasteiger charge is -2.30. The molecule has 20 heavy (non-hydrogen) atoms. The molecule has 0 atom stereocenters. The van der Waals surface area contributed by atoms with Gasteiger partial charge in [-0.2, -0.15) is 0 Å². The molecule has 112 valence electrons. The molecule has 0 aliphatic rings. The molecule has 0 saturated carbocycles. The van der Waals surface area contributed by atoms with Gasteiger partial charge in [-0.15, -0.1) is 0 Å². The minimum Gasteiger partial charge on any atom is -0.461 e. The number of rotatable bonds is 7. The third-order valence-corrected chi connectivity index (χ3v) is 3.43. The number of carbonyl (C=O) groups is 1. The van der Waals surface area contributed by atoms with Gasteiger partial charge >= 0.3 is 5.97 Å². The number of ether oxygens (including phenoxy) is 1. The highest BCUT2D eigenvalue weighted by molar-refractivity contribution is 5.89. The third kappa shape index (κ3) is 5.33. The predicted molar refractivity (Wildman–Crippen MR) is 83.0 cm³/mol. The van der Waals surface area contributed by atoms with Gasteiger partial charge in [0.25, 0.3) is 0 Å². The molecule has 1 aromatic carbocycles. The van der Waals surface area contributed by atoms with E-state index in [1.54, 1.807) is 0 Å². The third-order valence-electron chi connectivity index (χ3n) is 3.43. The number of hydrogen-bond donors (Lipinski definition) is 0. The molecule has 0 N–H and O–H groups in total. The van der Waals surface area contributed by atoms with Crippen LogP contribution in [0.3, 0.4) is 0 Å². The minimum atomic E-state index is -0.238. The highest BCUT2D eigenvalue weighted by Crippen LogP contribution is 2.18. The minimum absolute atomic E-state index is 0.0353. The summed E-state index contributed by atoms with van der Waals surface area (Å²) in [6, 6.07) is 7.49. The molecule has 3 heteroatoms. The highest BCUT2D eigenvalue weighted by atomic mass is 16.5. The zero-order chi connectivity index (χ0) is 15.2. The Balaban J connectivity index is 2.52. The number of aryl methyl sites for hydroxylation is 1. The molecule has 0 fully saturated rings. The molecule has 0 aliphatic heterocycles. The Morgan fingerprint density at radius 3 is 2.20 bits per heavy atom. The number of esters is 1. The normalized spacial score (nSPS) is 11.7. The molecule has 0 radical (unpaired) electrons. The average molecular weight is 277 g/mol. The van der Waals surface area contributed by atoms with Gasteiger partial charge in [0.1, 0.15) is 0 Å². The van der Waals surface area contributed by atoms with E-state index in [1.807, 2.05) is 31.2 Å². The fourth-order valence-corrected chi connectivity index (χ4v) is 2.13. The number of nitrogens with zero attached hydrogens (tertiary/aromatic N) is 1. The summed E-state index contributed by atoms with van der Waals surface area (Å²) in [6.07, 6.45) is 0. The van der Waals surface area contributed by atoms with Gasteiger partial charge < -0.3 is 9.64 Å². The summed E-state index contributed by atoms with van der Waals surface area (Å²) in [5.41, 5.74) is 1.73. The molecule has 0 aliphatic carbocycles. The van der Waals surface area contributed by atoms with Gasteiger partial charge in [0.2, 0.25) is 0 Å². The molecule has 1 rings (SSSR count). The Kier molecular flexibility index (Phi) is 6.21. The summed E-state index contributed by atoms with van der Waals surface area (Å²) in [4.78, 5) is 14.3. The van der Waals surface area contributed by atoms with Gasteiger partial charge in [0.15, 0.2) is 0 Å². The highest BCUT2D eigenvalue weighted by Gasteiger charge is 2.23. The summed E-state index contributed by atoms with van der Waals surface area (Å²) in [5.74, 6) is -0.238. The van der Waals surface area contributed by atoms with Gasteiger partial charge in [-0.25, -0.2) is 4.79 Å². The van der Waals surface area contributed by atoms with E-state index in [-0.39, 0.29) is 11.4 Å². The maximum atomic E-state index is 12.0. The Morgan fingerprint density at radius 1 is 1.15 bits per heavy atom. The smallest absolute Gasteiger partial charge is 0.338 e. The Labute approximate surface area is 122 Å². The quantitative estimate of drug-likeness (QED) is 0.714. The fourth-order valence-electron chi connectivity index (χ4n) is 2.13. The van der Waals surface area contributed by atoms with Crippen molar-refractivity contribution in [2.24, 2.45) is 5.41 Å². The first kappa shape index (κ1) is 16.7. The summed E-state index contributed by atoms with van der Waals surface area (Å²) in [7, 11) is 0. The van der Waals surface area contributed by atoms with Gasteiger partial charge in [0.05, 0.1) is 12.2 Å². The van der Waals surface area contributed by atoms with Crippen LogP contribution >= 0.6 is 0 Å². The number of benzene rings is 1. The SMILES string of the molecule is CCN(CC)CC(C)(C)COC(=O)c1ccc(C)cc1. The van der Waals surface area contributed by atoms with Crippen molar-refractivity contribution < 1.29 is 9.53 Å². The first-order chi connectivity index (χ1) is 9.38. The van der Waals surface area contributed by atoms with E-state index in [0.29, 0.717) is 12.2 Å². The van der Waals surface area contributed by atoms with Crippen LogP contribution in [-0.4, -0.2) is 37.1 Å². The van der Waals surface area contributed by atoms with Gasteiger partial charge in [-0.3, -0.25) is 0 Å². The van der Waals surface area contributed by atoms with Crippen molar-refractivity contribution in [1.82, 2.24) is 4.90 Å². The van der Waals surface area contributed by atoms with E-state index < -0.39 is 0 Å². The van der Waals surface area contributed by atoms with Crippen molar-refractivity contribution in [2.45, 2.75) is 34.6 Å². The summed E-state index contributed by atoms with van der Waals surface area (Å²) < 4.78 is 5.46. The second kappa shape index (κ2) is 7.44. The Bertz CT molecular complexity index is 419. The van der Waals surface area contributed by atoms with Crippen molar-refractivity contribution in [1.29, 1.82) is 0 Å². The largest absolute Gasteiger partial charge is 0.461 e. The lowest BCUT2D eigenvalue weighted by molar-refractivity contribution is 0.0274. The van der Waals surface area contributed by atoms with Crippen LogP contribution < -0.4 is 0 Å². The second-order valence-electron chi connectivity index (χ2n) is 6.07. The first-order valence-corrected chi connectivity index (χ1v) is 7.34. The van der Waals surface area contributed by atoms with Gasteiger partial charge in [-0.05, 0) is 32.1 Å². The van der Waals surface area contributed by atoms with Crippen LogP contribution in [0.4, 0.5) is 0 Å². The number of carbonyl (C=O) groups excluding carboxylic acids is 1. The van der Waals surface area contributed by atoms with Crippen molar-refractivity contribution in [3.05, 3.63) is 35.4 Å². The van der Waals surface area contributed by atoms with Crippen LogP contribution in [0.15, 0.2) is 24.3 Å². The molecule has 0 spiro atoms. The first-order valence-electron chi connectivity index (χ1n) is 7.34. The molecule has 0 aromatic heterocycles. The van der Waals surface area contributed by atoms with E-state index in [1.165, 1.54) is 0 Å². The predicted octanol–water partition coefficient (Wildman–Crippen LogP) is 3.52. The standard InChI is InChI=1S/C17H27NO2/c1-6-18(7-2)12-17(4,5)13-20-16(19)15-10-8-14(3)9-11-15/h8-11H,6-7,12-13H2,1-5H3. The van der Waals surface area contributed by atoms with Crippen LogP contribution in [0.5, 0.6) is 0 Å². The van der Waals surface area contributed by atoms with Crippen LogP contribution in [0, 0.1) is 12.3 Å². The van der Waals surface area contributed by atoms with E-state index in [9.17, 15) is 4.79 Å². The molecular formula is C17H27NO2. The van der Waals surface area contributed by atoms with E-state index in [0.717, 1.165) is 25.2 Å².